The molecule has 0 spiro atoms. The van der Waals surface area contributed by atoms with Crippen molar-refractivity contribution >= 4 is 41.4 Å². The van der Waals surface area contributed by atoms with Gasteiger partial charge in [-0.05, 0) is 29.3 Å². The lowest BCUT2D eigenvalue weighted by Gasteiger charge is -2.11. The van der Waals surface area contributed by atoms with Crippen LogP contribution in [0.15, 0.2) is 90.1 Å². The molecular weight excluding hydrogens is 446 g/mol. The number of nitrogens with zero attached hydrogens (tertiary/aromatic N) is 2. The molecule has 3 aromatic carbocycles. The van der Waals surface area contributed by atoms with Crippen molar-refractivity contribution in [2.75, 3.05) is 11.1 Å². The number of aromatic amines is 1. The fraction of sp³-hybridized carbons (Fsp3) is 0.0769. The lowest BCUT2D eigenvalue weighted by Crippen LogP contribution is -2.25. The van der Waals surface area contributed by atoms with Gasteiger partial charge in [0.1, 0.15) is 5.82 Å². The van der Waals surface area contributed by atoms with Gasteiger partial charge in [-0.25, -0.2) is 4.98 Å². The third-order valence-electron chi connectivity index (χ3n) is 4.79. The third kappa shape index (κ3) is 6.66. The molecule has 1 aromatic heterocycles. The summed E-state index contributed by atoms with van der Waals surface area (Å²) in [5.74, 6) is 0.211. The first-order chi connectivity index (χ1) is 16.7. The Morgan fingerprint density at radius 3 is 2.38 bits per heavy atom. The monoisotopic (exact) mass is 469 g/mol. The number of benzene rings is 3. The van der Waals surface area contributed by atoms with Crippen LogP contribution in [0.3, 0.4) is 0 Å². The summed E-state index contributed by atoms with van der Waals surface area (Å²) >= 11 is 1.21. The van der Waals surface area contributed by atoms with E-state index in [-0.39, 0.29) is 17.6 Å². The van der Waals surface area contributed by atoms with Crippen molar-refractivity contribution in [3.63, 3.8) is 0 Å². The van der Waals surface area contributed by atoms with Gasteiger partial charge in [0.05, 0.1) is 17.0 Å². The summed E-state index contributed by atoms with van der Waals surface area (Å²) in [6.45, 7) is 0.406. The molecule has 0 unspecified atom stereocenters. The molecule has 0 saturated heterocycles. The molecule has 8 heteroatoms. The number of thioether (sulfide) groups is 1. The van der Waals surface area contributed by atoms with Crippen LogP contribution in [0.5, 0.6) is 0 Å². The van der Waals surface area contributed by atoms with E-state index in [0.717, 1.165) is 11.1 Å². The summed E-state index contributed by atoms with van der Waals surface area (Å²) in [5, 5.41) is 13.2. The van der Waals surface area contributed by atoms with Crippen molar-refractivity contribution in [2.24, 2.45) is 0 Å². The van der Waals surface area contributed by atoms with Gasteiger partial charge < -0.3 is 10.6 Å². The average molecular weight is 470 g/mol. The highest BCUT2D eigenvalue weighted by atomic mass is 32.2. The van der Waals surface area contributed by atoms with Gasteiger partial charge >= 0.3 is 0 Å². The van der Waals surface area contributed by atoms with Crippen LogP contribution < -0.4 is 10.6 Å². The summed E-state index contributed by atoms with van der Waals surface area (Å²) in [6.07, 6.45) is 3.76. The Morgan fingerprint density at radius 2 is 1.59 bits per heavy atom. The summed E-state index contributed by atoms with van der Waals surface area (Å²) in [6, 6.07) is 26.5. The SMILES string of the molecule is O=C(CSc1n[nH]c(/C=C/c2ccccc2)n1)Nc1ccccc1C(=O)NCc1ccccc1. The van der Waals surface area contributed by atoms with Gasteiger partial charge in [-0.3, -0.25) is 14.7 Å². The number of hydrogen-bond acceptors (Lipinski definition) is 5. The summed E-state index contributed by atoms with van der Waals surface area (Å²) in [5.41, 5.74) is 2.92. The van der Waals surface area contributed by atoms with E-state index in [0.29, 0.717) is 28.8 Å². The van der Waals surface area contributed by atoms with Crippen molar-refractivity contribution in [3.8, 4) is 0 Å². The van der Waals surface area contributed by atoms with Crippen molar-refractivity contribution in [1.82, 2.24) is 20.5 Å². The molecule has 7 nitrogen and oxygen atoms in total. The van der Waals surface area contributed by atoms with Gasteiger partial charge in [0.15, 0.2) is 0 Å². The Bertz CT molecular complexity index is 1270. The highest BCUT2D eigenvalue weighted by Gasteiger charge is 2.14. The van der Waals surface area contributed by atoms with Gasteiger partial charge in [-0.2, -0.15) is 0 Å². The van der Waals surface area contributed by atoms with E-state index in [4.69, 9.17) is 0 Å². The fourth-order valence-corrected chi connectivity index (χ4v) is 3.72. The van der Waals surface area contributed by atoms with Crippen LogP contribution in [0.2, 0.25) is 0 Å². The normalized spacial score (nSPS) is 10.8. The molecule has 4 aromatic rings. The number of nitrogens with one attached hydrogen (secondary N) is 3. The lowest BCUT2D eigenvalue weighted by atomic mass is 10.1. The summed E-state index contributed by atoms with van der Waals surface area (Å²) in [4.78, 5) is 29.6. The smallest absolute Gasteiger partial charge is 0.253 e. The van der Waals surface area contributed by atoms with Gasteiger partial charge in [-0.1, -0.05) is 90.6 Å². The largest absolute Gasteiger partial charge is 0.348 e. The maximum absolute atomic E-state index is 12.7. The number of para-hydroxylation sites is 1. The second-order valence-corrected chi connectivity index (χ2v) is 8.24. The number of rotatable bonds is 9. The molecule has 34 heavy (non-hydrogen) atoms. The van der Waals surface area contributed by atoms with Crippen molar-refractivity contribution in [1.29, 1.82) is 0 Å². The van der Waals surface area contributed by atoms with E-state index in [1.54, 1.807) is 24.3 Å². The van der Waals surface area contributed by atoms with E-state index in [2.05, 4.69) is 25.8 Å². The van der Waals surface area contributed by atoms with Gasteiger partial charge in [-0.15, -0.1) is 5.10 Å². The number of carbonyl (C=O) groups is 2. The highest BCUT2D eigenvalue weighted by molar-refractivity contribution is 7.99. The zero-order valence-electron chi connectivity index (χ0n) is 18.3. The Kier molecular flexibility index (Phi) is 7.86. The molecule has 0 aliphatic rings. The van der Waals surface area contributed by atoms with Crippen molar-refractivity contribution in [2.45, 2.75) is 11.7 Å². The topological polar surface area (TPSA) is 99.8 Å². The molecule has 3 N–H and O–H groups in total. The molecular formula is C26H23N5O2S. The third-order valence-corrected chi connectivity index (χ3v) is 5.64. The number of aromatic nitrogens is 3. The minimum absolute atomic E-state index is 0.111. The molecule has 0 aliphatic heterocycles. The summed E-state index contributed by atoms with van der Waals surface area (Å²) < 4.78 is 0. The predicted octanol–water partition coefficient (Wildman–Crippen LogP) is 4.64. The fourth-order valence-electron chi connectivity index (χ4n) is 3.12. The molecule has 0 aliphatic carbocycles. The van der Waals surface area contributed by atoms with Gasteiger partial charge in [0.25, 0.3) is 5.91 Å². The van der Waals surface area contributed by atoms with Crippen LogP contribution in [-0.4, -0.2) is 32.7 Å². The van der Waals surface area contributed by atoms with Crippen LogP contribution in [0.1, 0.15) is 27.3 Å². The second kappa shape index (κ2) is 11.6. The lowest BCUT2D eigenvalue weighted by molar-refractivity contribution is -0.113. The first-order valence-electron chi connectivity index (χ1n) is 10.7. The Balaban J connectivity index is 1.30. The standard InChI is InChI=1S/C26H23N5O2S/c32-24(18-34-26-29-23(30-31-26)16-15-19-9-3-1-4-10-19)28-22-14-8-7-13-21(22)25(33)27-17-20-11-5-2-6-12-20/h1-16H,17-18H2,(H,27,33)(H,28,32)(H,29,30,31)/b16-15+. The minimum atomic E-state index is -0.254. The maximum atomic E-state index is 12.7. The molecule has 1 heterocycles. The second-order valence-electron chi connectivity index (χ2n) is 7.30. The highest BCUT2D eigenvalue weighted by Crippen LogP contribution is 2.18. The van der Waals surface area contributed by atoms with Crippen LogP contribution in [0, 0.1) is 0 Å². The molecule has 0 atom stereocenters. The van der Waals surface area contributed by atoms with Crippen LogP contribution in [0.4, 0.5) is 5.69 Å². The Morgan fingerprint density at radius 1 is 0.882 bits per heavy atom. The first-order valence-corrected chi connectivity index (χ1v) is 11.7. The van der Waals surface area contributed by atoms with Crippen molar-refractivity contribution in [3.05, 3.63) is 107 Å². The molecule has 2 amide bonds. The maximum Gasteiger partial charge on any atom is 0.253 e. The minimum Gasteiger partial charge on any atom is -0.348 e. The number of carbonyl (C=O) groups excluding carboxylic acids is 2. The number of hydrogen-bond donors (Lipinski definition) is 3. The molecule has 0 radical (unpaired) electrons. The molecule has 170 valence electrons. The van der Waals surface area contributed by atoms with E-state index in [9.17, 15) is 9.59 Å². The van der Waals surface area contributed by atoms with E-state index >= 15 is 0 Å². The zero-order chi connectivity index (χ0) is 23.6. The van der Waals surface area contributed by atoms with Crippen molar-refractivity contribution < 1.29 is 9.59 Å². The number of amides is 2. The van der Waals surface area contributed by atoms with Crippen LogP contribution >= 0.6 is 11.8 Å². The van der Waals surface area contributed by atoms with Crippen LogP contribution in [-0.2, 0) is 11.3 Å². The van der Waals surface area contributed by atoms with E-state index in [1.807, 2.05) is 72.8 Å². The Hall–Kier alpha value is -4.17. The predicted molar refractivity (Wildman–Crippen MR) is 135 cm³/mol. The van der Waals surface area contributed by atoms with Crippen LogP contribution in [0.25, 0.3) is 12.2 Å². The average Bonchev–Trinajstić information content (AvgIpc) is 3.34. The Labute approximate surface area is 201 Å². The molecule has 4 rings (SSSR count). The molecule has 0 fully saturated rings. The zero-order valence-corrected chi connectivity index (χ0v) is 19.1. The first kappa shape index (κ1) is 23.0. The quantitative estimate of drug-likeness (QED) is 0.310. The number of H-pyrrole nitrogens is 1. The molecule has 0 saturated carbocycles. The van der Waals surface area contributed by atoms with Gasteiger partial charge in [0, 0.05) is 6.54 Å². The number of anilines is 1. The molecule has 0 bridgehead atoms. The van der Waals surface area contributed by atoms with Gasteiger partial charge in [0.2, 0.25) is 11.1 Å². The van der Waals surface area contributed by atoms with E-state index in [1.165, 1.54) is 11.8 Å². The van der Waals surface area contributed by atoms with E-state index < -0.39 is 0 Å². The summed E-state index contributed by atoms with van der Waals surface area (Å²) in [7, 11) is 0.